The molecule has 0 saturated heterocycles. The van der Waals surface area contributed by atoms with Crippen LogP contribution in [-0.2, 0) is 6.42 Å². The van der Waals surface area contributed by atoms with Crippen molar-refractivity contribution in [3.8, 4) is 11.1 Å². The second kappa shape index (κ2) is 11.3. The SMILES string of the molecule is C=CCCc1ccc(-c2ccc(C3CCC4CC(CC/C=C/C)CCC4C3)c(F)c2F)cc1. The van der Waals surface area contributed by atoms with E-state index in [0.717, 1.165) is 49.5 Å². The highest BCUT2D eigenvalue weighted by Gasteiger charge is 2.36. The fraction of sp³-hybridized carbons (Fsp3) is 0.484. The lowest BCUT2D eigenvalue weighted by Gasteiger charge is -2.42. The van der Waals surface area contributed by atoms with Crippen molar-refractivity contribution in [1.29, 1.82) is 0 Å². The fourth-order valence-electron chi connectivity index (χ4n) is 6.25. The number of hydrogen-bond acceptors (Lipinski definition) is 0. The molecule has 0 radical (unpaired) electrons. The molecule has 0 nitrogen and oxygen atoms in total. The number of halogens is 2. The van der Waals surface area contributed by atoms with Gasteiger partial charge in [-0.15, -0.1) is 6.58 Å². The van der Waals surface area contributed by atoms with Crippen molar-refractivity contribution in [2.24, 2.45) is 17.8 Å². The highest BCUT2D eigenvalue weighted by Crippen LogP contribution is 2.49. The molecule has 0 aromatic heterocycles. The van der Waals surface area contributed by atoms with E-state index < -0.39 is 11.6 Å². The molecule has 0 heterocycles. The number of aryl methyl sites for hydroxylation is 1. The normalized spacial score (nSPS) is 25.2. The predicted octanol–water partition coefficient (Wildman–Crippen LogP) is 9.41. The van der Waals surface area contributed by atoms with E-state index in [1.165, 1.54) is 37.7 Å². The minimum atomic E-state index is -0.693. The molecule has 4 atom stereocenters. The molecule has 2 aliphatic carbocycles. The van der Waals surface area contributed by atoms with Crippen molar-refractivity contribution >= 4 is 0 Å². The van der Waals surface area contributed by atoms with Gasteiger partial charge in [-0.05, 0) is 105 Å². The molecule has 2 aromatic carbocycles. The monoisotopic (exact) mass is 448 g/mol. The Morgan fingerprint density at radius 3 is 2.39 bits per heavy atom. The van der Waals surface area contributed by atoms with E-state index in [0.29, 0.717) is 17.0 Å². The Morgan fingerprint density at radius 1 is 0.879 bits per heavy atom. The van der Waals surface area contributed by atoms with Gasteiger partial charge in [0.25, 0.3) is 0 Å². The lowest BCUT2D eigenvalue weighted by Crippen LogP contribution is -2.30. The van der Waals surface area contributed by atoms with Crippen LogP contribution in [-0.4, -0.2) is 0 Å². The maximum atomic E-state index is 15.2. The van der Waals surface area contributed by atoms with E-state index in [-0.39, 0.29) is 5.92 Å². The van der Waals surface area contributed by atoms with Crippen LogP contribution in [0.3, 0.4) is 0 Å². The van der Waals surface area contributed by atoms with Crippen molar-refractivity contribution < 1.29 is 8.78 Å². The summed E-state index contributed by atoms with van der Waals surface area (Å²) in [7, 11) is 0. The summed E-state index contributed by atoms with van der Waals surface area (Å²) in [6, 6.07) is 11.4. The molecule has 0 N–H and O–H groups in total. The Labute approximate surface area is 198 Å². The summed E-state index contributed by atoms with van der Waals surface area (Å²) in [6.45, 7) is 5.85. The summed E-state index contributed by atoms with van der Waals surface area (Å²) in [5, 5.41) is 0. The Kier molecular flexibility index (Phi) is 8.17. The minimum Gasteiger partial charge on any atom is -0.203 e. The van der Waals surface area contributed by atoms with E-state index in [1.54, 1.807) is 6.07 Å². The van der Waals surface area contributed by atoms with Crippen LogP contribution < -0.4 is 0 Å². The predicted molar refractivity (Wildman–Crippen MR) is 135 cm³/mol. The lowest BCUT2D eigenvalue weighted by molar-refractivity contribution is 0.114. The summed E-state index contributed by atoms with van der Waals surface area (Å²) in [6.07, 6.45) is 17.7. The second-order valence-electron chi connectivity index (χ2n) is 10.2. The average molecular weight is 449 g/mol. The Bertz CT molecular complexity index is 956. The van der Waals surface area contributed by atoms with Gasteiger partial charge in [-0.3, -0.25) is 0 Å². The first kappa shape index (κ1) is 23.9. The van der Waals surface area contributed by atoms with Gasteiger partial charge in [0, 0.05) is 5.56 Å². The van der Waals surface area contributed by atoms with Crippen LogP contribution >= 0.6 is 0 Å². The molecular formula is C31H38F2. The molecular weight excluding hydrogens is 410 g/mol. The molecule has 0 aliphatic heterocycles. The van der Waals surface area contributed by atoms with E-state index >= 15 is 8.78 Å². The number of hydrogen-bond donors (Lipinski definition) is 0. The van der Waals surface area contributed by atoms with Gasteiger partial charge in [0.15, 0.2) is 11.6 Å². The van der Waals surface area contributed by atoms with Gasteiger partial charge in [0.05, 0.1) is 0 Å². The molecule has 4 rings (SSSR count). The average Bonchev–Trinajstić information content (AvgIpc) is 2.85. The number of fused-ring (bicyclic) bond motifs is 1. The van der Waals surface area contributed by atoms with E-state index in [9.17, 15) is 0 Å². The van der Waals surface area contributed by atoms with Gasteiger partial charge in [0.2, 0.25) is 0 Å². The fourth-order valence-corrected chi connectivity index (χ4v) is 6.25. The van der Waals surface area contributed by atoms with Crippen molar-refractivity contribution in [3.05, 3.63) is 84.0 Å². The van der Waals surface area contributed by atoms with Crippen molar-refractivity contribution in [1.82, 2.24) is 0 Å². The van der Waals surface area contributed by atoms with Crippen LogP contribution in [0.4, 0.5) is 8.78 Å². The molecule has 0 amide bonds. The number of rotatable bonds is 8. The first-order chi connectivity index (χ1) is 16.1. The van der Waals surface area contributed by atoms with Gasteiger partial charge >= 0.3 is 0 Å². The summed E-state index contributed by atoms with van der Waals surface area (Å²) in [4.78, 5) is 0. The van der Waals surface area contributed by atoms with Crippen LogP contribution in [0.1, 0.15) is 81.8 Å². The van der Waals surface area contributed by atoms with Gasteiger partial charge in [-0.25, -0.2) is 8.78 Å². The van der Waals surface area contributed by atoms with Crippen LogP contribution in [0, 0.1) is 29.4 Å². The summed E-state index contributed by atoms with van der Waals surface area (Å²) in [5.41, 5.74) is 2.87. The minimum absolute atomic E-state index is 0.149. The van der Waals surface area contributed by atoms with Gasteiger partial charge in [-0.1, -0.05) is 61.0 Å². The van der Waals surface area contributed by atoms with Crippen molar-refractivity contribution in [2.75, 3.05) is 0 Å². The Hall–Kier alpha value is -2.22. The number of benzene rings is 2. The zero-order valence-corrected chi connectivity index (χ0v) is 20.0. The molecule has 2 saturated carbocycles. The molecule has 176 valence electrons. The molecule has 2 aliphatic rings. The summed E-state index contributed by atoms with van der Waals surface area (Å²) < 4.78 is 30.4. The van der Waals surface area contributed by atoms with E-state index in [2.05, 4.69) is 25.7 Å². The molecule has 0 spiro atoms. The zero-order chi connectivity index (χ0) is 23.2. The molecule has 2 heteroatoms. The summed E-state index contributed by atoms with van der Waals surface area (Å²) >= 11 is 0. The quantitative estimate of drug-likeness (QED) is 0.353. The standard InChI is InChI=1S/C31H38F2/c1-3-5-7-9-23-12-15-26-21-27(17-16-25(26)20-23)29-19-18-28(30(32)31(29)33)24-13-10-22(11-14-24)8-6-4-2/h3-5,10-11,13-14,18-19,23,25-27H,2,6-9,12,15-17,20-21H2,1H3/b5-3+. The molecule has 33 heavy (non-hydrogen) atoms. The Balaban J connectivity index is 1.42. The lowest BCUT2D eigenvalue weighted by atomic mass is 9.63. The van der Waals surface area contributed by atoms with Crippen LogP contribution in [0.25, 0.3) is 11.1 Å². The first-order valence-corrected chi connectivity index (χ1v) is 12.9. The smallest absolute Gasteiger partial charge is 0.166 e. The molecule has 0 bridgehead atoms. The van der Waals surface area contributed by atoms with E-state index in [1.807, 2.05) is 36.4 Å². The topological polar surface area (TPSA) is 0 Å². The van der Waals surface area contributed by atoms with Crippen molar-refractivity contribution in [3.63, 3.8) is 0 Å². The van der Waals surface area contributed by atoms with Gasteiger partial charge in [-0.2, -0.15) is 0 Å². The van der Waals surface area contributed by atoms with Gasteiger partial charge < -0.3 is 0 Å². The highest BCUT2D eigenvalue weighted by molar-refractivity contribution is 5.65. The van der Waals surface area contributed by atoms with E-state index in [4.69, 9.17) is 0 Å². The maximum absolute atomic E-state index is 15.2. The maximum Gasteiger partial charge on any atom is 0.166 e. The third kappa shape index (κ3) is 5.65. The third-order valence-corrected chi connectivity index (χ3v) is 8.15. The molecule has 2 fully saturated rings. The molecule has 2 aromatic rings. The van der Waals surface area contributed by atoms with Gasteiger partial charge in [0.1, 0.15) is 0 Å². The third-order valence-electron chi connectivity index (χ3n) is 8.15. The largest absolute Gasteiger partial charge is 0.203 e. The summed E-state index contributed by atoms with van der Waals surface area (Å²) in [5.74, 6) is 1.11. The number of allylic oxidation sites excluding steroid dienone is 3. The van der Waals surface area contributed by atoms with Crippen molar-refractivity contribution in [2.45, 2.75) is 77.0 Å². The van der Waals surface area contributed by atoms with Crippen LogP contribution in [0.5, 0.6) is 0 Å². The highest BCUT2D eigenvalue weighted by atomic mass is 19.2. The Morgan fingerprint density at radius 2 is 1.64 bits per heavy atom. The van der Waals surface area contributed by atoms with Crippen LogP contribution in [0.2, 0.25) is 0 Å². The second-order valence-corrected chi connectivity index (χ2v) is 10.2. The van der Waals surface area contributed by atoms with Crippen LogP contribution in [0.15, 0.2) is 61.2 Å². The molecule has 4 unspecified atom stereocenters. The first-order valence-electron chi connectivity index (χ1n) is 12.9. The zero-order valence-electron chi connectivity index (χ0n) is 20.0.